The van der Waals surface area contributed by atoms with E-state index in [-0.39, 0.29) is 18.3 Å². The van der Waals surface area contributed by atoms with Gasteiger partial charge < -0.3 is 19.1 Å². The first-order chi connectivity index (χ1) is 21.4. The summed E-state index contributed by atoms with van der Waals surface area (Å²) in [5.74, 6) is -2.12. The SMILES string of the molecule is CCC(CC)COC(=O)[C@H](C)N[P@](=O)(Oc1cccc2ccccc12)O[C@H](C(F)F)[C@H]1O[C@@H](n2cc(F)c(=O)[nH]c2=O)CC1O. The fourth-order valence-corrected chi connectivity index (χ4v) is 6.54. The van der Waals surface area contributed by atoms with Crippen LogP contribution in [0.25, 0.3) is 10.8 Å². The highest BCUT2D eigenvalue weighted by molar-refractivity contribution is 7.52. The van der Waals surface area contributed by atoms with Gasteiger partial charge in [0, 0.05) is 11.8 Å². The van der Waals surface area contributed by atoms with Crippen molar-refractivity contribution in [3.8, 4) is 5.75 Å². The number of aromatic amines is 1. The summed E-state index contributed by atoms with van der Waals surface area (Å²) in [6, 6.07) is 10.2. The maximum atomic E-state index is 14.6. The monoisotopic (exact) mass is 657 g/mol. The minimum absolute atomic E-state index is 0.0180. The number of alkyl halides is 2. The number of hydrogen-bond acceptors (Lipinski definition) is 9. The molecule has 45 heavy (non-hydrogen) atoms. The Kier molecular flexibility index (Phi) is 11.3. The molecule has 0 radical (unpaired) electrons. The van der Waals surface area contributed by atoms with Crippen LogP contribution < -0.4 is 20.9 Å². The van der Waals surface area contributed by atoms with E-state index in [9.17, 15) is 37.2 Å². The molecule has 0 bridgehead atoms. The topological polar surface area (TPSA) is 158 Å². The molecule has 1 unspecified atom stereocenters. The van der Waals surface area contributed by atoms with E-state index in [4.69, 9.17) is 18.5 Å². The van der Waals surface area contributed by atoms with Gasteiger partial charge in [0.1, 0.15) is 24.1 Å². The minimum Gasteiger partial charge on any atom is -0.464 e. The molecule has 2 heterocycles. The van der Waals surface area contributed by atoms with Gasteiger partial charge in [-0.25, -0.2) is 18.1 Å². The molecule has 0 spiro atoms. The van der Waals surface area contributed by atoms with Crippen molar-refractivity contribution >= 4 is 24.5 Å². The number of aliphatic hydroxyl groups is 1. The lowest BCUT2D eigenvalue weighted by Gasteiger charge is -2.30. The van der Waals surface area contributed by atoms with Crippen molar-refractivity contribution in [2.75, 3.05) is 6.61 Å². The molecular formula is C29H35F3N3O9P. The summed E-state index contributed by atoms with van der Waals surface area (Å²) in [6.07, 6.45) is -9.45. The summed E-state index contributed by atoms with van der Waals surface area (Å²) in [7, 11) is -4.92. The summed E-state index contributed by atoms with van der Waals surface area (Å²) in [5.41, 5.74) is -2.41. The van der Waals surface area contributed by atoms with E-state index >= 15 is 0 Å². The first-order valence-corrected chi connectivity index (χ1v) is 15.9. The molecule has 2 aromatic carbocycles. The van der Waals surface area contributed by atoms with Gasteiger partial charge in [-0.05, 0) is 24.3 Å². The van der Waals surface area contributed by atoms with Crippen LogP contribution in [0.15, 0.2) is 58.3 Å². The first kappa shape index (κ1) is 34.4. The van der Waals surface area contributed by atoms with Gasteiger partial charge in [0.25, 0.3) is 12.0 Å². The van der Waals surface area contributed by atoms with Gasteiger partial charge in [-0.3, -0.25) is 23.7 Å². The largest absolute Gasteiger partial charge is 0.464 e. The molecule has 1 aromatic heterocycles. The lowest BCUT2D eigenvalue weighted by atomic mass is 10.1. The molecule has 246 valence electrons. The molecule has 3 N–H and O–H groups in total. The zero-order valence-corrected chi connectivity index (χ0v) is 25.6. The zero-order chi connectivity index (χ0) is 32.9. The fourth-order valence-electron chi connectivity index (χ4n) is 4.85. The van der Waals surface area contributed by atoms with Gasteiger partial charge in [-0.2, -0.15) is 9.48 Å². The van der Waals surface area contributed by atoms with Crippen LogP contribution in [0.5, 0.6) is 5.75 Å². The predicted molar refractivity (Wildman–Crippen MR) is 157 cm³/mol. The van der Waals surface area contributed by atoms with Crippen LogP contribution in [0, 0.1) is 11.7 Å². The predicted octanol–water partition coefficient (Wildman–Crippen LogP) is 4.27. The molecule has 16 heteroatoms. The molecule has 0 amide bonds. The summed E-state index contributed by atoms with van der Waals surface area (Å²) in [5, 5.41) is 14.2. The molecular weight excluding hydrogens is 622 g/mol. The van der Waals surface area contributed by atoms with Crippen LogP contribution >= 0.6 is 7.75 Å². The number of esters is 1. The molecule has 3 aromatic rings. The van der Waals surface area contributed by atoms with Gasteiger partial charge in [-0.1, -0.05) is 63.1 Å². The number of aromatic nitrogens is 2. The van der Waals surface area contributed by atoms with Gasteiger partial charge in [0.05, 0.1) is 18.9 Å². The number of rotatable bonds is 14. The zero-order valence-electron chi connectivity index (χ0n) is 24.7. The van der Waals surface area contributed by atoms with Gasteiger partial charge in [0.2, 0.25) is 5.82 Å². The number of benzene rings is 2. The van der Waals surface area contributed by atoms with E-state index in [0.29, 0.717) is 21.5 Å². The second kappa shape index (κ2) is 14.7. The summed E-state index contributed by atoms with van der Waals surface area (Å²) < 4.78 is 79.9. The van der Waals surface area contributed by atoms with Crippen LogP contribution in [0.1, 0.15) is 46.3 Å². The van der Waals surface area contributed by atoms with E-state index in [1.54, 1.807) is 41.4 Å². The summed E-state index contributed by atoms with van der Waals surface area (Å²) in [6.45, 7) is 5.24. The number of carbonyl (C=O) groups is 1. The van der Waals surface area contributed by atoms with Crippen LogP contribution in [-0.4, -0.2) is 58.0 Å². The Balaban J connectivity index is 1.64. The van der Waals surface area contributed by atoms with Crippen molar-refractivity contribution < 1.29 is 46.2 Å². The number of aliphatic hydroxyl groups excluding tert-OH is 1. The van der Waals surface area contributed by atoms with Gasteiger partial charge in [0.15, 0.2) is 6.10 Å². The van der Waals surface area contributed by atoms with Crippen molar-refractivity contribution in [1.29, 1.82) is 0 Å². The van der Waals surface area contributed by atoms with E-state index in [1.165, 1.54) is 13.0 Å². The lowest BCUT2D eigenvalue weighted by molar-refractivity contribution is -0.147. The van der Waals surface area contributed by atoms with Gasteiger partial charge in [-0.15, -0.1) is 0 Å². The second-order valence-corrected chi connectivity index (χ2v) is 12.3. The van der Waals surface area contributed by atoms with Crippen molar-refractivity contribution in [2.24, 2.45) is 5.92 Å². The summed E-state index contributed by atoms with van der Waals surface area (Å²) in [4.78, 5) is 38.2. The molecule has 0 aliphatic carbocycles. The fraction of sp³-hybridized carbons (Fsp3) is 0.483. The standard InChI is InChI=1S/C29H35F3N3O9P/c1-4-17(5-2)15-41-28(38)16(3)34-45(40,43-22-12-8-10-18-9-6-7-11-19(18)22)44-25(26(31)32)24-21(36)13-23(42-24)35-14-20(30)27(37)33-29(35)39/h6-12,14,16-17,21,23-26,36H,4-5,13,15H2,1-3H3,(H,34,40)(H,33,37,39)/t16-,21?,23+,24-,25-,45-/m0/s1. The van der Waals surface area contributed by atoms with Crippen LogP contribution in [0.3, 0.4) is 0 Å². The Morgan fingerprint density at radius 3 is 2.56 bits per heavy atom. The third kappa shape index (κ3) is 8.22. The molecule has 6 atom stereocenters. The van der Waals surface area contributed by atoms with Crippen molar-refractivity contribution in [2.45, 2.75) is 77.0 Å². The summed E-state index contributed by atoms with van der Waals surface area (Å²) >= 11 is 0. The van der Waals surface area contributed by atoms with Crippen LogP contribution in [-0.2, 0) is 23.4 Å². The third-order valence-corrected chi connectivity index (χ3v) is 9.15. The lowest BCUT2D eigenvalue weighted by Crippen LogP contribution is -2.44. The van der Waals surface area contributed by atoms with E-state index in [2.05, 4.69) is 5.09 Å². The van der Waals surface area contributed by atoms with Crippen molar-refractivity contribution in [3.05, 3.63) is 75.3 Å². The normalized spacial score (nSPS) is 21.1. The first-order valence-electron chi connectivity index (χ1n) is 14.4. The number of nitrogens with zero attached hydrogens (tertiary/aromatic N) is 1. The number of H-pyrrole nitrogens is 1. The van der Waals surface area contributed by atoms with Crippen LogP contribution in [0.4, 0.5) is 13.2 Å². The van der Waals surface area contributed by atoms with E-state index < -0.39 is 74.2 Å². The number of nitrogens with one attached hydrogen (secondary N) is 2. The Morgan fingerprint density at radius 1 is 1.18 bits per heavy atom. The average molecular weight is 658 g/mol. The Bertz CT molecular complexity index is 1640. The van der Waals surface area contributed by atoms with E-state index in [1.807, 2.05) is 13.8 Å². The molecule has 12 nitrogen and oxygen atoms in total. The molecule has 1 saturated heterocycles. The molecule has 0 saturated carbocycles. The van der Waals surface area contributed by atoms with Crippen molar-refractivity contribution in [3.63, 3.8) is 0 Å². The average Bonchev–Trinajstić information content (AvgIpc) is 3.38. The Hall–Kier alpha value is -3.49. The smallest absolute Gasteiger partial charge is 0.460 e. The van der Waals surface area contributed by atoms with E-state index in [0.717, 1.165) is 12.8 Å². The van der Waals surface area contributed by atoms with Crippen LogP contribution in [0.2, 0.25) is 0 Å². The molecule has 1 aliphatic heterocycles. The quantitative estimate of drug-likeness (QED) is 0.169. The molecule has 4 rings (SSSR count). The third-order valence-electron chi connectivity index (χ3n) is 7.49. The minimum atomic E-state index is -4.92. The number of ether oxygens (including phenoxy) is 2. The number of fused-ring (bicyclic) bond motifs is 1. The maximum absolute atomic E-state index is 14.6. The van der Waals surface area contributed by atoms with Crippen molar-refractivity contribution in [1.82, 2.24) is 14.6 Å². The Labute approximate surface area is 256 Å². The number of halogens is 3. The maximum Gasteiger partial charge on any atom is 0.460 e. The molecule has 1 fully saturated rings. The highest BCUT2D eigenvalue weighted by Gasteiger charge is 2.49. The molecule has 1 aliphatic rings. The number of carbonyl (C=O) groups excluding carboxylic acids is 1. The second-order valence-electron chi connectivity index (χ2n) is 10.6. The highest BCUT2D eigenvalue weighted by atomic mass is 31.2. The Morgan fingerprint density at radius 2 is 1.87 bits per heavy atom. The number of hydrogen-bond donors (Lipinski definition) is 3. The van der Waals surface area contributed by atoms with Gasteiger partial charge >= 0.3 is 19.4 Å². The highest BCUT2D eigenvalue weighted by Crippen LogP contribution is 2.50.